The van der Waals surface area contributed by atoms with Gasteiger partial charge in [-0.3, -0.25) is 4.98 Å². The zero-order valence-electron chi connectivity index (χ0n) is 11.4. The van der Waals surface area contributed by atoms with Gasteiger partial charge in [-0.05, 0) is 24.0 Å². The summed E-state index contributed by atoms with van der Waals surface area (Å²) in [6, 6.07) is 3.71. The quantitative estimate of drug-likeness (QED) is 0.866. The van der Waals surface area contributed by atoms with E-state index in [1.165, 1.54) is 0 Å². The molecule has 0 aromatic carbocycles. The van der Waals surface area contributed by atoms with Gasteiger partial charge in [-0.1, -0.05) is 19.9 Å². The van der Waals surface area contributed by atoms with E-state index < -0.39 is 0 Å². The second-order valence-electron chi connectivity index (χ2n) is 5.48. The molecule has 1 fully saturated rings. The zero-order chi connectivity index (χ0) is 13.8. The first-order valence-electron chi connectivity index (χ1n) is 6.69. The van der Waals surface area contributed by atoms with Gasteiger partial charge in [0.2, 0.25) is 0 Å². The Morgan fingerprint density at radius 3 is 2.84 bits per heavy atom. The summed E-state index contributed by atoms with van der Waals surface area (Å²) in [4.78, 5) is 17.7. The number of carbonyl (C=O) groups excluding carboxylic acids is 1. The number of aliphatic hydroxyl groups is 1. The standard InChI is InChI=1S/C14H21N3O2/c1-10(2)6-13(11-4-3-5-15-7-11)16-14(19)17-8-12(18)9-17/h3-5,7,10,12-13,18H,6,8-9H2,1-2H3,(H,16,19). The van der Waals surface area contributed by atoms with Crippen LogP contribution in [0.5, 0.6) is 0 Å². The molecule has 5 heteroatoms. The van der Waals surface area contributed by atoms with Crippen LogP contribution in [0.15, 0.2) is 24.5 Å². The van der Waals surface area contributed by atoms with Crippen LogP contribution >= 0.6 is 0 Å². The first-order chi connectivity index (χ1) is 9.06. The molecule has 0 saturated carbocycles. The van der Waals surface area contributed by atoms with E-state index in [2.05, 4.69) is 24.1 Å². The molecule has 1 aliphatic heterocycles. The van der Waals surface area contributed by atoms with Gasteiger partial charge in [-0.25, -0.2) is 4.79 Å². The first-order valence-corrected chi connectivity index (χ1v) is 6.69. The Kier molecular flexibility index (Phi) is 4.37. The molecule has 2 N–H and O–H groups in total. The third-order valence-electron chi connectivity index (χ3n) is 3.24. The van der Waals surface area contributed by atoms with Gasteiger partial charge in [0.1, 0.15) is 0 Å². The number of nitrogens with one attached hydrogen (secondary N) is 1. The number of hydrogen-bond acceptors (Lipinski definition) is 3. The summed E-state index contributed by atoms with van der Waals surface area (Å²) in [7, 11) is 0. The van der Waals surface area contributed by atoms with Crippen molar-refractivity contribution in [2.75, 3.05) is 13.1 Å². The first kappa shape index (κ1) is 13.8. The molecule has 1 unspecified atom stereocenters. The van der Waals surface area contributed by atoms with Crippen molar-refractivity contribution in [1.29, 1.82) is 0 Å². The fraction of sp³-hybridized carbons (Fsp3) is 0.571. The Hall–Kier alpha value is -1.62. The zero-order valence-corrected chi connectivity index (χ0v) is 11.4. The molecule has 0 radical (unpaired) electrons. The number of urea groups is 1. The molecule has 19 heavy (non-hydrogen) atoms. The number of hydrogen-bond donors (Lipinski definition) is 2. The highest BCUT2D eigenvalue weighted by Crippen LogP contribution is 2.21. The van der Waals surface area contributed by atoms with Gasteiger partial charge < -0.3 is 15.3 Å². The van der Waals surface area contributed by atoms with E-state index in [0.717, 1.165) is 12.0 Å². The molecule has 0 aliphatic carbocycles. The van der Waals surface area contributed by atoms with Crippen molar-refractivity contribution >= 4 is 6.03 Å². The lowest BCUT2D eigenvalue weighted by molar-refractivity contribution is 0.0255. The summed E-state index contributed by atoms with van der Waals surface area (Å²) in [5.41, 5.74) is 1.02. The average molecular weight is 263 g/mol. The van der Waals surface area contributed by atoms with Crippen molar-refractivity contribution < 1.29 is 9.90 Å². The van der Waals surface area contributed by atoms with E-state index in [1.54, 1.807) is 17.3 Å². The highest BCUT2D eigenvalue weighted by Gasteiger charge is 2.30. The third-order valence-corrected chi connectivity index (χ3v) is 3.24. The molecule has 1 aliphatic rings. The van der Waals surface area contributed by atoms with Crippen LogP contribution in [0.2, 0.25) is 0 Å². The van der Waals surface area contributed by atoms with Gasteiger partial charge in [0, 0.05) is 12.4 Å². The van der Waals surface area contributed by atoms with Crippen molar-refractivity contribution in [3.8, 4) is 0 Å². The Bertz CT molecular complexity index is 416. The summed E-state index contributed by atoms with van der Waals surface area (Å²) in [6.07, 6.45) is 4.02. The van der Waals surface area contributed by atoms with Crippen molar-refractivity contribution in [2.24, 2.45) is 5.92 Å². The largest absolute Gasteiger partial charge is 0.389 e. The van der Waals surface area contributed by atoms with Crippen LogP contribution in [-0.4, -0.2) is 40.2 Å². The number of β-amino-alcohol motifs (C(OH)–C–C–N with tert-alkyl or cyclic N) is 1. The highest BCUT2D eigenvalue weighted by molar-refractivity contribution is 5.75. The number of pyridine rings is 1. The maximum atomic E-state index is 12.0. The molecule has 1 atom stereocenters. The predicted octanol–water partition coefficient (Wildman–Crippen LogP) is 1.55. The minimum absolute atomic E-state index is 0.0288. The van der Waals surface area contributed by atoms with Crippen LogP contribution in [0.4, 0.5) is 4.79 Å². The van der Waals surface area contributed by atoms with E-state index in [1.807, 2.05) is 12.1 Å². The van der Waals surface area contributed by atoms with E-state index in [0.29, 0.717) is 19.0 Å². The molecule has 1 saturated heterocycles. The minimum Gasteiger partial charge on any atom is -0.389 e. The van der Waals surface area contributed by atoms with Gasteiger partial charge in [0.25, 0.3) is 0 Å². The van der Waals surface area contributed by atoms with Crippen molar-refractivity contribution in [2.45, 2.75) is 32.4 Å². The van der Waals surface area contributed by atoms with E-state index in [9.17, 15) is 9.90 Å². The fourth-order valence-corrected chi connectivity index (χ4v) is 2.19. The molecule has 1 aromatic rings. The van der Waals surface area contributed by atoms with Crippen LogP contribution in [-0.2, 0) is 0 Å². The molecule has 0 bridgehead atoms. The molecule has 1 aromatic heterocycles. The van der Waals surface area contributed by atoms with Gasteiger partial charge >= 0.3 is 6.03 Å². The van der Waals surface area contributed by atoms with Gasteiger partial charge in [-0.15, -0.1) is 0 Å². The topological polar surface area (TPSA) is 65.5 Å². The van der Waals surface area contributed by atoms with Crippen LogP contribution in [0.3, 0.4) is 0 Å². The number of aliphatic hydroxyl groups excluding tert-OH is 1. The van der Waals surface area contributed by atoms with Crippen LogP contribution in [0.1, 0.15) is 31.9 Å². The van der Waals surface area contributed by atoms with Crippen molar-refractivity contribution in [3.63, 3.8) is 0 Å². The molecular weight excluding hydrogens is 242 g/mol. The van der Waals surface area contributed by atoms with Gasteiger partial charge in [0.05, 0.1) is 25.2 Å². The number of carbonyl (C=O) groups is 1. The number of amides is 2. The van der Waals surface area contributed by atoms with Crippen LogP contribution in [0.25, 0.3) is 0 Å². The monoisotopic (exact) mass is 263 g/mol. The van der Waals surface area contributed by atoms with E-state index in [-0.39, 0.29) is 18.2 Å². The number of aromatic nitrogens is 1. The molecule has 2 rings (SSSR count). The minimum atomic E-state index is -0.368. The summed E-state index contributed by atoms with van der Waals surface area (Å²) < 4.78 is 0. The maximum Gasteiger partial charge on any atom is 0.318 e. The van der Waals surface area contributed by atoms with E-state index in [4.69, 9.17) is 0 Å². The Labute approximate surface area is 113 Å². The summed E-state index contributed by atoms with van der Waals surface area (Å²) in [5.74, 6) is 0.479. The lowest BCUT2D eigenvalue weighted by Gasteiger charge is -2.37. The molecule has 5 nitrogen and oxygen atoms in total. The van der Waals surface area contributed by atoms with Crippen molar-refractivity contribution in [1.82, 2.24) is 15.2 Å². The smallest absolute Gasteiger partial charge is 0.318 e. The lowest BCUT2D eigenvalue weighted by atomic mass is 9.98. The SMILES string of the molecule is CC(C)CC(NC(=O)N1CC(O)C1)c1cccnc1. The molecule has 0 spiro atoms. The molecule has 2 amide bonds. The van der Waals surface area contributed by atoms with Crippen LogP contribution < -0.4 is 5.32 Å². The number of nitrogens with zero attached hydrogens (tertiary/aromatic N) is 2. The number of likely N-dealkylation sites (tertiary alicyclic amines) is 1. The second-order valence-corrected chi connectivity index (χ2v) is 5.48. The Morgan fingerprint density at radius 1 is 1.58 bits per heavy atom. The van der Waals surface area contributed by atoms with E-state index >= 15 is 0 Å². The Morgan fingerprint density at radius 2 is 2.32 bits per heavy atom. The predicted molar refractivity (Wildman–Crippen MR) is 72.5 cm³/mol. The Balaban J connectivity index is 2.00. The molecule has 2 heterocycles. The molecule has 104 valence electrons. The number of rotatable bonds is 4. The summed E-state index contributed by atoms with van der Waals surface area (Å²) >= 11 is 0. The van der Waals surface area contributed by atoms with Gasteiger partial charge in [-0.2, -0.15) is 0 Å². The second kappa shape index (κ2) is 6.02. The summed E-state index contributed by atoms with van der Waals surface area (Å²) in [6.45, 7) is 5.10. The van der Waals surface area contributed by atoms with Crippen molar-refractivity contribution in [3.05, 3.63) is 30.1 Å². The molecular formula is C14H21N3O2. The third kappa shape index (κ3) is 3.67. The lowest BCUT2D eigenvalue weighted by Crippen LogP contribution is -2.57. The normalized spacial score (nSPS) is 17.2. The van der Waals surface area contributed by atoms with Gasteiger partial charge in [0.15, 0.2) is 0 Å². The fourth-order valence-electron chi connectivity index (χ4n) is 2.19. The summed E-state index contributed by atoms with van der Waals surface area (Å²) in [5, 5.41) is 12.3. The van der Waals surface area contributed by atoms with Crippen LogP contribution in [0, 0.1) is 5.92 Å². The average Bonchev–Trinajstić information content (AvgIpc) is 2.34. The highest BCUT2D eigenvalue weighted by atomic mass is 16.3. The maximum absolute atomic E-state index is 12.0.